The minimum atomic E-state index is -0.225. The van der Waals surface area contributed by atoms with Crippen molar-refractivity contribution in [2.45, 2.75) is 58.0 Å². The number of nitrogens with one attached hydrogen (secondary N) is 2. The second-order valence-corrected chi connectivity index (χ2v) is 7.97. The highest BCUT2D eigenvalue weighted by Crippen LogP contribution is 2.38. The number of hydroxylamine groups is 2. The van der Waals surface area contributed by atoms with Crippen LogP contribution in [0.15, 0.2) is 18.2 Å². The zero-order chi connectivity index (χ0) is 17.8. The van der Waals surface area contributed by atoms with Crippen LogP contribution in [0, 0.1) is 17.0 Å². The van der Waals surface area contributed by atoms with E-state index in [1.54, 1.807) is 0 Å². The molecule has 3 atom stereocenters. The fourth-order valence-electron chi connectivity index (χ4n) is 3.83. The van der Waals surface area contributed by atoms with Gasteiger partial charge in [-0.15, -0.1) is 0 Å². The zero-order valence-corrected chi connectivity index (χ0v) is 15.2. The highest BCUT2D eigenvalue weighted by atomic mass is 16.5. The normalized spacial score (nSPS) is 23.9. The molecule has 2 aliphatic rings. The largest absolute Gasteiger partial charge is 0.634 e. The Balaban J connectivity index is 1.53. The molecule has 1 saturated carbocycles. The van der Waals surface area contributed by atoms with Crippen LogP contribution in [0.2, 0.25) is 0 Å². The molecule has 4 N–H and O–H groups in total. The summed E-state index contributed by atoms with van der Waals surface area (Å²) in [5.74, 6) is 0.991. The molecule has 3 rings (SSSR count). The van der Waals surface area contributed by atoms with Crippen molar-refractivity contribution in [3.05, 3.63) is 40.1 Å². The Morgan fingerprint density at radius 3 is 2.96 bits per heavy atom. The SMILES string of the molecule is CC(CCC(N)=O)CNCc1ccc2c(c1)CC[NH+]([O-])C2CC1CC1. The second kappa shape index (κ2) is 8.30. The van der Waals surface area contributed by atoms with Gasteiger partial charge in [0.05, 0.1) is 6.54 Å². The lowest BCUT2D eigenvalue weighted by Gasteiger charge is -2.37. The van der Waals surface area contributed by atoms with Gasteiger partial charge in [0, 0.05) is 31.4 Å². The van der Waals surface area contributed by atoms with Crippen molar-refractivity contribution < 1.29 is 9.86 Å². The summed E-state index contributed by atoms with van der Waals surface area (Å²) in [5.41, 5.74) is 9.12. The molecular weight excluding hydrogens is 314 g/mol. The zero-order valence-electron chi connectivity index (χ0n) is 15.2. The van der Waals surface area contributed by atoms with E-state index in [2.05, 4.69) is 30.4 Å². The van der Waals surface area contributed by atoms with E-state index in [1.165, 1.54) is 29.5 Å². The number of carbonyl (C=O) groups is 1. The Kier molecular flexibility index (Phi) is 6.10. The fourth-order valence-corrected chi connectivity index (χ4v) is 3.83. The van der Waals surface area contributed by atoms with Crippen LogP contribution in [-0.4, -0.2) is 19.0 Å². The summed E-state index contributed by atoms with van der Waals surface area (Å²) in [7, 11) is 0. The Morgan fingerprint density at radius 2 is 2.24 bits per heavy atom. The number of hydrogen-bond acceptors (Lipinski definition) is 3. The van der Waals surface area contributed by atoms with E-state index in [9.17, 15) is 10.0 Å². The Labute approximate surface area is 150 Å². The number of nitrogens with two attached hydrogens (primary N) is 1. The van der Waals surface area contributed by atoms with Gasteiger partial charge in [0.25, 0.3) is 0 Å². The lowest BCUT2D eigenvalue weighted by molar-refractivity contribution is -0.885. The highest BCUT2D eigenvalue weighted by molar-refractivity contribution is 5.73. The molecule has 3 unspecified atom stereocenters. The molecule has 1 aromatic carbocycles. The van der Waals surface area contributed by atoms with Crippen molar-refractivity contribution in [3.63, 3.8) is 0 Å². The van der Waals surface area contributed by atoms with Crippen LogP contribution < -0.4 is 16.1 Å². The Bertz CT molecular complexity index is 601. The summed E-state index contributed by atoms with van der Waals surface area (Å²) in [6.45, 7) is 4.55. The number of amides is 1. The summed E-state index contributed by atoms with van der Waals surface area (Å²) in [4.78, 5) is 10.8. The molecule has 5 heteroatoms. The summed E-state index contributed by atoms with van der Waals surface area (Å²) in [6, 6.07) is 6.78. The smallest absolute Gasteiger partial charge is 0.217 e. The minimum Gasteiger partial charge on any atom is -0.634 e. The van der Waals surface area contributed by atoms with Gasteiger partial charge in [-0.1, -0.05) is 25.1 Å². The first-order chi connectivity index (χ1) is 12.0. The predicted molar refractivity (Wildman–Crippen MR) is 98.7 cm³/mol. The maximum absolute atomic E-state index is 12.3. The van der Waals surface area contributed by atoms with Gasteiger partial charge in [-0.25, -0.2) is 0 Å². The maximum atomic E-state index is 12.3. The van der Waals surface area contributed by atoms with Crippen LogP contribution in [0.5, 0.6) is 0 Å². The number of primary amides is 1. The second-order valence-electron chi connectivity index (χ2n) is 7.97. The topological polar surface area (TPSA) is 82.6 Å². The summed E-state index contributed by atoms with van der Waals surface area (Å²) >= 11 is 0. The molecular formula is C20H31N3O2. The highest BCUT2D eigenvalue weighted by Gasteiger charge is 2.33. The molecule has 25 heavy (non-hydrogen) atoms. The van der Waals surface area contributed by atoms with Crippen molar-refractivity contribution >= 4 is 5.91 Å². The van der Waals surface area contributed by atoms with Crippen LogP contribution >= 0.6 is 0 Å². The van der Waals surface area contributed by atoms with Crippen LogP contribution in [0.1, 0.15) is 61.8 Å². The van der Waals surface area contributed by atoms with Crippen LogP contribution in [0.3, 0.4) is 0 Å². The van der Waals surface area contributed by atoms with Crippen LogP contribution in [0.4, 0.5) is 0 Å². The van der Waals surface area contributed by atoms with E-state index >= 15 is 0 Å². The van der Waals surface area contributed by atoms with Crippen molar-refractivity contribution in [2.24, 2.45) is 17.6 Å². The molecule has 0 radical (unpaired) electrons. The summed E-state index contributed by atoms with van der Waals surface area (Å²) in [6.07, 6.45) is 5.83. The average Bonchev–Trinajstić information content (AvgIpc) is 3.40. The molecule has 0 aromatic heterocycles. The van der Waals surface area contributed by atoms with Crippen molar-refractivity contribution in [2.75, 3.05) is 13.1 Å². The molecule has 5 nitrogen and oxygen atoms in total. The monoisotopic (exact) mass is 345 g/mol. The van der Waals surface area contributed by atoms with Crippen LogP contribution in [-0.2, 0) is 17.8 Å². The molecule has 1 aliphatic heterocycles. The van der Waals surface area contributed by atoms with Crippen molar-refractivity contribution in [1.29, 1.82) is 0 Å². The van der Waals surface area contributed by atoms with E-state index in [-0.39, 0.29) is 11.9 Å². The molecule has 1 heterocycles. The molecule has 138 valence electrons. The maximum Gasteiger partial charge on any atom is 0.217 e. The number of hydrogen-bond donors (Lipinski definition) is 3. The van der Waals surface area contributed by atoms with E-state index in [1.807, 2.05) is 0 Å². The average molecular weight is 345 g/mol. The third-order valence-corrected chi connectivity index (χ3v) is 5.58. The number of carbonyl (C=O) groups excluding carboxylic acids is 1. The van der Waals surface area contributed by atoms with Gasteiger partial charge >= 0.3 is 0 Å². The first-order valence-corrected chi connectivity index (χ1v) is 9.66. The van der Waals surface area contributed by atoms with Gasteiger partial charge in [-0.2, -0.15) is 0 Å². The van der Waals surface area contributed by atoms with Gasteiger partial charge in [-0.05, 0) is 48.8 Å². The number of fused-ring (bicyclic) bond motifs is 1. The number of rotatable bonds is 9. The lowest BCUT2D eigenvalue weighted by atomic mass is 9.89. The third kappa shape index (κ3) is 5.27. The van der Waals surface area contributed by atoms with E-state index in [4.69, 9.17) is 5.73 Å². The quantitative estimate of drug-likeness (QED) is 0.593. The first kappa shape index (κ1) is 18.4. The molecule has 0 bridgehead atoms. The van der Waals surface area contributed by atoms with Crippen molar-refractivity contribution in [1.82, 2.24) is 5.32 Å². The first-order valence-electron chi connectivity index (χ1n) is 9.66. The van der Waals surface area contributed by atoms with Gasteiger partial charge in [0.2, 0.25) is 5.91 Å². The Morgan fingerprint density at radius 1 is 1.44 bits per heavy atom. The summed E-state index contributed by atoms with van der Waals surface area (Å²) < 4.78 is 0. The van der Waals surface area contributed by atoms with E-state index in [0.717, 1.165) is 38.3 Å². The van der Waals surface area contributed by atoms with Crippen LogP contribution in [0.25, 0.3) is 0 Å². The predicted octanol–water partition coefficient (Wildman–Crippen LogP) is 1.46. The number of benzene rings is 1. The number of quaternary nitrogens is 1. The van der Waals surface area contributed by atoms with E-state index in [0.29, 0.717) is 23.9 Å². The van der Waals surface area contributed by atoms with Gasteiger partial charge in [0.15, 0.2) is 0 Å². The molecule has 0 spiro atoms. The minimum absolute atomic E-state index is 0.145. The van der Waals surface area contributed by atoms with Crippen molar-refractivity contribution in [3.8, 4) is 0 Å². The molecule has 1 fully saturated rings. The van der Waals surface area contributed by atoms with Gasteiger partial charge in [0.1, 0.15) is 6.04 Å². The standard InChI is InChI=1S/C20H31N3O2/c1-14(2-7-20(21)24)12-22-13-16-5-6-18-17(10-16)8-9-23(25)19(18)11-15-3-4-15/h5-6,10,14-15,19,22-23H,2-4,7-9,11-13H2,1H3,(H2,21,24). The summed E-state index contributed by atoms with van der Waals surface area (Å²) in [5, 5.41) is 16.2. The van der Waals surface area contributed by atoms with E-state index < -0.39 is 0 Å². The third-order valence-electron chi connectivity index (χ3n) is 5.58. The fraction of sp³-hybridized carbons (Fsp3) is 0.650. The molecule has 1 aromatic rings. The van der Waals surface area contributed by atoms with Gasteiger partial charge in [-0.3, -0.25) is 4.79 Å². The molecule has 1 aliphatic carbocycles. The lowest BCUT2D eigenvalue weighted by Crippen LogP contribution is -3.08. The molecule has 1 amide bonds. The molecule has 0 saturated heterocycles. The Hall–Kier alpha value is -1.43. The van der Waals surface area contributed by atoms with Gasteiger partial charge < -0.3 is 21.3 Å².